The van der Waals surface area contributed by atoms with E-state index in [0.29, 0.717) is 17.4 Å². The molecule has 1 unspecified atom stereocenters. The number of ether oxygens (including phenoxy) is 1. The van der Waals surface area contributed by atoms with E-state index in [9.17, 15) is 9.59 Å². The zero-order valence-corrected chi connectivity index (χ0v) is 16.1. The van der Waals surface area contributed by atoms with Gasteiger partial charge in [-0.15, -0.1) is 5.10 Å². The fourth-order valence-electron chi connectivity index (χ4n) is 2.33. The number of amides is 1. The molecule has 0 spiro atoms. The molecule has 1 fully saturated rings. The number of carbonyl (C=O) groups excluding carboxylic acids is 1. The zero-order valence-electron chi connectivity index (χ0n) is 14.5. The lowest BCUT2D eigenvalue weighted by molar-refractivity contribution is -0.138. The number of aliphatic carboxylic acids is 1. The van der Waals surface area contributed by atoms with Crippen molar-refractivity contribution in [1.29, 1.82) is 0 Å². The first kappa shape index (κ1) is 19.9. The molecular weight excluding hydrogens is 402 g/mol. The third kappa shape index (κ3) is 5.83. The van der Waals surface area contributed by atoms with E-state index in [1.807, 2.05) is 48.5 Å². The third-order valence-corrected chi connectivity index (χ3v) is 4.99. The zero-order chi connectivity index (χ0) is 19.9. The summed E-state index contributed by atoms with van der Waals surface area (Å²) in [6.07, 6.45) is 1.27. The van der Waals surface area contributed by atoms with Gasteiger partial charge in [-0.2, -0.15) is 5.10 Å². The Balaban J connectivity index is 1.57. The Kier molecular flexibility index (Phi) is 6.67. The molecule has 2 aromatic rings. The summed E-state index contributed by atoms with van der Waals surface area (Å²) in [6, 6.07) is 14.7. The molecule has 0 radical (unpaired) electrons. The highest BCUT2D eigenvalue weighted by atomic mass is 35.5. The number of carboxylic acids is 1. The van der Waals surface area contributed by atoms with Crippen LogP contribution in [0.4, 0.5) is 0 Å². The van der Waals surface area contributed by atoms with Crippen molar-refractivity contribution in [3.05, 3.63) is 64.7 Å². The highest BCUT2D eigenvalue weighted by molar-refractivity contribution is 8.15. The number of carboxylic acid groups (broad SMARTS) is 1. The average molecular weight is 418 g/mol. The maximum Gasteiger partial charge on any atom is 0.305 e. The minimum atomic E-state index is -1.03. The van der Waals surface area contributed by atoms with E-state index in [2.05, 4.69) is 15.5 Å². The fraction of sp³-hybridized carbons (Fsp3) is 0.158. The number of hydrogen-bond donors (Lipinski definition) is 2. The van der Waals surface area contributed by atoms with Crippen LogP contribution in [-0.2, 0) is 16.2 Å². The first-order chi connectivity index (χ1) is 13.5. The van der Waals surface area contributed by atoms with Crippen LogP contribution in [0.2, 0.25) is 5.02 Å². The lowest BCUT2D eigenvalue weighted by Gasteiger charge is -2.07. The predicted molar refractivity (Wildman–Crippen MR) is 109 cm³/mol. The van der Waals surface area contributed by atoms with Crippen molar-refractivity contribution < 1.29 is 19.4 Å². The summed E-state index contributed by atoms with van der Waals surface area (Å²) >= 11 is 6.92. The first-order valence-electron chi connectivity index (χ1n) is 8.27. The molecule has 0 bridgehead atoms. The van der Waals surface area contributed by atoms with Crippen molar-refractivity contribution in [2.75, 3.05) is 0 Å². The number of amidine groups is 1. The van der Waals surface area contributed by atoms with Gasteiger partial charge in [-0.1, -0.05) is 47.6 Å². The second-order valence-electron chi connectivity index (χ2n) is 5.83. The highest BCUT2D eigenvalue weighted by Gasteiger charge is 2.32. The Hall–Kier alpha value is -2.84. The van der Waals surface area contributed by atoms with E-state index in [1.165, 1.54) is 6.21 Å². The second kappa shape index (κ2) is 9.38. The van der Waals surface area contributed by atoms with E-state index in [4.69, 9.17) is 21.4 Å². The lowest BCUT2D eigenvalue weighted by atomic mass is 10.2. The quantitative estimate of drug-likeness (QED) is 0.531. The Morgan fingerprint density at radius 2 is 2.07 bits per heavy atom. The van der Waals surface area contributed by atoms with Gasteiger partial charge in [0, 0.05) is 5.02 Å². The number of halogens is 1. The summed E-state index contributed by atoms with van der Waals surface area (Å²) in [5.74, 6) is -0.733. The number of carbonyl (C=O) groups is 2. The molecule has 28 heavy (non-hydrogen) atoms. The van der Waals surface area contributed by atoms with Crippen LogP contribution in [0.15, 0.2) is 58.7 Å². The van der Waals surface area contributed by atoms with Crippen LogP contribution < -0.4 is 10.1 Å². The molecule has 7 nitrogen and oxygen atoms in total. The van der Waals surface area contributed by atoms with Crippen molar-refractivity contribution >= 4 is 46.6 Å². The monoisotopic (exact) mass is 417 g/mol. The first-order valence-corrected chi connectivity index (χ1v) is 9.53. The maximum atomic E-state index is 11.7. The molecule has 144 valence electrons. The predicted octanol–water partition coefficient (Wildman–Crippen LogP) is 3.32. The van der Waals surface area contributed by atoms with Gasteiger partial charge in [-0.3, -0.25) is 9.59 Å². The van der Waals surface area contributed by atoms with Crippen LogP contribution in [0, 0.1) is 0 Å². The third-order valence-electron chi connectivity index (χ3n) is 3.67. The van der Waals surface area contributed by atoms with E-state index in [1.54, 1.807) is 0 Å². The lowest BCUT2D eigenvalue weighted by Crippen LogP contribution is -2.26. The molecule has 1 amide bonds. The SMILES string of the molecule is O=C(O)CC1S/C(=N/N=C/c2cccc(OCc3ccc(Cl)cc3)c2)NC1=O. The molecule has 0 aliphatic carbocycles. The van der Waals surface area contributed by atoms with Crippen molar-refractivity contribution in [3.63, 3.8) is 0 Å². The van der Waals surface area contributed by atoms with Gasteiger partial charge in [0.1, 0.15) is 17.6 Å². The topological polar surface area (TPSA) is 100 Å². The van der Waals surface area contributed by atoms with Crippen LogP contribution in [0.1, 0.15) is 17.5 Å². The Labute approximate surface area is 170 Å². The van der Waals surface area contributed by atoms with Gasteiger partial charge in [-0.05, 0) is 35.4 Å². The summed E-state index contributed by atoms with van der Waals surface area (Å²) < 4.78 is 5.76. The minimum Gasteiger partial charge on any atom is -0.489 e. The molecule has 1 aliphatic rings. The van der Waals surface area contributed by atoms with E-state index in [0.717, 1.165) is 22.9 Å². The van der Waals surface area contributed by atoms with Gasteiger partial charge in [-0.25, -0.2) is 0 Å². The minimum absolute atomic E-state index is 0.258. The smallest absolute Gasteiger partial charge is 0.305 e. The maximum absolute atomic E-state index is 11.7. The number of hydrogen-bond acceptors (Lipinski definition) is 6. The number of nitrogens with zero attached hydrogens (tertiary/aromatic N) is 2. The number of benzene rings is 2. The van der Waals surface area contributed by atoms with Gasteiger partial charge in [0.25, 0.3) is 0 Å². The van der Waals surface area contributed by atoms with E-state index >= 15 is 0 Å². The molecule has 9 heteroatoms. The van der Waals surface area contributed by atoms with Crippen molar-refractivity contribution in [3.8, 4) is 5.75 Å². The average Bonchev–Trinajstić information content (AvgIpc) is 3.00. The van der Waals surface area contributed by atoms with Crippen molar-refractivity contribution in [2.24, 2.45) is 10.2 Å². The molecule has 1 saturated heterocycles. The number of rotatable bonds is 7. The number of nitrogens with one attached hydrogen (secondary N) is 1. The molecular formula is C19H16ClN3O4S. The van der Waals surface area contributed by atoms with Crippen molar-refractivity contribution in [1.82, 2.24) is 5.32 Å². The van der Waals surface area contributed by atoms with Gasteiger partial charge in [0.2, 0.25) is 5.91 Å². The summed E-state index contributed by atoms with van der Waals surface area (Å²) in [6.45, 7) is 0.410. The van der Waals surface area contributed by atoms with Gasteiger partial charge in [0.05, 0.1) is 12.6 Å². The standard InChI is InChI=1S/C19H16ClN3O4S/c20-14-6-4-12(5-7-14)11-27-15-3-1-2-13(8-15)10-21-23-19-22-18(26)16(28-19)9-17(24)25/h1-8,10,16H,9,11H2,(H,24,25)(H,22,23,26)/b21-10+. The Bertz CT molecular complexity index is 931. The molecule has 0 saturated carbocycles. The fourth-order valence-corrected chi connectivity index (χ4v) is 3.37. The Morgan fingerprint density at radius 3 is 2.82 bits per heavy atom. The molecule has 2 aromatic carbocycles. The Morgan fingerprint density at radius 1 is 1.29 bits per heavy atom. The van der Waals surface area contributed by atoms with Crippen LogP contribution in [0.25, 0.3) is 0 Å². The normalized spacial score (nSPS) is 17.8. The molecule has 1 aliphatic heterocycles. The van der Waals surface area contributed by atoms with Crippen molar-refractivity contribution in [2.45, 2.75) is 18.3 Å². The van der Waals surface area contributed by atoms with Gasteiger partial charge < -0.3 is 15.2 Å². The summed E-state index contributed by atoms with van der Waals surface area (Å²) in [5.41, 5.74) is 1.77. The molecule has 1 atom stereocenters. The van der Waals surface area contributed by atoms with Crippen LogP contribution >= 0.6 is 23.4 Å². The second-order valence-corrected chi connectivity index (χ2v) is 7.46. The van der Waals surface area contributed by atoms with Gasteiger partial charge in [0.15, 0.2) is 5.17 Å². The summed E-state index contributed by atoms with van der Waals surface area (Å²) in [7, 11) is 0. The van der Waals surface area contributed by atoms with Crippen LogP contribution in [0.5, 0.6) is 5.75 Å². The van der Waals surface area contributed by atoms with Crippen LogP contribution in [-0.4, -0.2) is 33.6 Å². The number of thioether (sulfide) groups is 1. The highest BCUT2D eigenvalue weighted by Crippen LogP contribution is 2.22. The van der Waals surface area contributed by atoms with Gasteiger partial charge >= 0.3 is 5.97 Å². The summed E-state index contributed by atoms with van der Waals surface area (Å²) in [5, 5.41) is 19.4. The molecule has 1 heterocycles. The molecule has 2 N–H and O–H groups in total. The van der Waals surface area contributed by atoms with Crippen LogP contribution in [0.3, 0.4) is 0 Å². The van der Waals surface area contributed by atoms with E-state index < -0.39 is 11.2 Å². The largest absolute Gasteiger partial charge is 0.489 e. The molecule has 0 aromatic heterocycles. The summed E-state index contributed by atoms with van der Waals surface area (Å²) in [4.78, 5) is 22.4. The molecule has 3 rings (SSSR count). The van der Waals surface area contributed by atoms with E-state index in [-0.39, 0.29) is 17.5 Å².